The van der Waals surface area contributed by atoms with Crippen molar-refractivity contribution in [2.24, 2.45) is 0 Å². The summed E-state index contributed by atoms with van der Waals surface area (Å²) in [5, 5.41) is 3.50. The third-order valence-electron chi connectivity index (χ3n) is 3.07. The highest BCUT2D eigenvalue weighted by Crippen LogP contribution is 2.21. The van der Waals surface area contributed by atoms with Crippen LogP contribution in [0.3, 0.4) is 0 Å². The van der Waals surface area contributed by atoms with Gasteiger partial charge in [0.1, 0.15) is 5.75 Å². The summed E-state index contributed by atoms with van der Waals surface area (Å²) in [7, 11) is 0. The lowest BCUT2D eigenvalue weighted by molar-refractivity contribution is -0.123. The number of benzene rings is 2. The summed E-state index contributed by atoms with van der Waals surface area (Å²) in [6.07, 6.45) is 0.812. The lowest BCUT2D eigenvalue weighted by Gasteiger charge is -2.10. The van der Waals surface area contributed by atoms with E-state index in [1.807, 2.05) is 43.3 Å². The summed E-state index contributed by atoms with van der Waals surface area (Å²) in [5.41, 5.74) is 2.12. The molecule has 1 N–H and O–H groups in total. The first-order valence-corrected chi connectivity index (χ1v) is 7.22. The van der Waals surface area contributed by atoms with Gasteiger partial charge < -0.3 is 10.1 Å². The van der Waals surface area contributed by atoms with E-state index in [4.69, 9.17) is 16.3 Å². The average Bonchev–Trinajstić information content (AvgIpc) is 2.47. The molecule has 0 unspecified atom stereocenters. The molecule has 0 aliphatic carbocycles. The lowest BCUT2D eigenvalue weighted by Crippen LogP contribution is -2.30. The van der Waals surface area contributed by atoms with Crippen LogP contribution in [0.4, 0.5) is 0 Å². The minimum atomic E-state index is -0.125. The first kappa shape index (κ1) is 15.4. The Kier molecular flexibility index (Phi) is 5.64. The monoisotopic (exact) mass is 303 g/mol. The first-order valence-electron chi connectivity index (χ1n) is 6.85. The van der Waals surface area contributed by atoms with Crippen molar-refractivity contribution >= 4 is 17.5 Å². The van der Waals surface area contributed by atoms with Crippen molar-refractivity contribution in [1.29, 1.82) is 0 Å². The van der Waals surface area contributed by atoms with Gasteiger partial charge in [0.25, 0.3) is 5.91 Å². The van der Waals surface area contributed by atoms with Crippen molar-refractivity contribution in [1.82, 2.24) is 5.32 Å². The molecule has 21 heavy (non-hydrogen) atoms. The highest BCUT2D eigenvalue weighted by atomic mass is 35.5. The van der Waals surface area contributed by atoms with Gasteiger partial charge in [-0.1, -0.05) is 41.9 Å². The Morgan fingerprint density at radius 3 is 2.67 bits per heavy atom. The topological polar surface area (TPSA) is 38.3 Å². The van der Waals surface area contributed by atoms with Crippen molar-refractivity contribution in [3.63, 3.8) is 0 Å². The van der Waals surface area contributed by atoms with Gasteiger partial charge in [-0.15, -0.1) is 0 Å². The number of carbonyl (C=O) groups is 1. The number of amides is 1. The molecule has 1 amide bonds. The van der Waals surface area contributed by atoms with Crippen LogP contribution in [0.2, 0.25) is 5.02 Å². The lowest BCUT2D eigenvalue weighted by atomic mass is 10.1. The van der Waals surface area contributed by atoms with Gasteiger partial charge in [0.2, 0.25) is 0 Å². The summed E-state index contributed by atoms with van der Waals surface area (Å²) in [5.74, 6) is 0.554. The maximum Gasteiger partial charge on any atom is 0.257 e. The maximum atomic E-state index is 11.7. The van der Waals surface area contributed by atoms with E-state index in [2.05, 4.69) is 5.32 Å². The molecular formula is C17H18ClNO2. The Bertz CT molecular complexity index is 599. The predicted molar refractivity (Wildman–Crippen MR) is 84.8 cm³/mol. The third-order valence-corrected chi connectivity index (χ3v) is 3.31. The summed E-state index contributed by atoms with van der Waals surface area (Å²) >= 11 is 5.87. The fourth-order valence-electron chi connectivity index (χ4n) is 1.96. The number of halogens is 1. The fourth-order valence-corrected chi connectivity index (χ4v) is 2.19. The number of ether oxygens (including phenoxy) is 1. The summed E-state index contributed by atoms with van der Waals surface area (Å²) in [6.45, 7) is 2.51. The molecule has 0 aliphatic heterocycles. The number of rotatable bonds is 6. The van der Waals surface area contributed by atoms with Crippen LogP contribution >= 0.6 is 11.6 Å². The molecular weight excluding hydrogens is 286 g/mol. The maximum absolute atomic E-state index is 11.7. The van der Waals surface area contributed by atoms with Crippen LogP contribution in [0.5, 0.6) is 5.75 Å². The molecule has 0 saturated heterocycles. The summed E-state index contributed by atoms with van der Waals surface area (Å²) < 4.78 is 5.49. The molecule has 0 aliphatic rings. The number of hydrogen-bond acceptors (Lipinski definition) is 2. The first-order chi connectivity index (χ1) is 10.1. The van der Waals surface area contributed by atoms with Crippen LogP contribution in [-0.4, -0.2) is 19.1 Å². The van der Waals surface area contributed by atoms with E-state index < -0.39 is 0 Å². The van der Waals surface area contributed by atoms with Gasteiger partial charge in [-0.2, -0.15) is 0 Å². The average molecular weight is 304 g/mol. The molecule has 0 bridgehead atoms. The second kappa shape index (κ2) is 7.70. The van der Waals surface area contributed by atoms with E-state index in [0.29, 0.717) is 17.3 Å². The molecule has 0 aromatic heterocycles. The second-order valence-electron chi connectivity index (χ2n) is 4.78. The van der Waals surface area contributed by atoms with Crippen LogP contribution in [0, 0.1) is 6.92 Å². The van der Waals surface area contributed by atoms with Gasteiger partial charge in [0.15, 0.2) is 6.61 Å². The van der Waals surface area contributed by atoms with E-state index in [1.54, 1.807) is 12.1 Å². The van der Waals surface area contributed by atoms with Crippen LogP contribution in [-0.2, 0) is 11.2 Å². The highest BCUT2D eigenvalue weighted by Gasteiger charge is 2.05. The van der Waals surface area contributed by atoms with Gasteiger partial charge in [-0.25, -0.2) is 0 Å². The largest absolute Gasteiger partial charge is 0.484 e. The molecule has 110 valence electrons. The highest BCUT2D eigenvalue weighted by molar-refractivity contribution is 6.30. The molecule has 0 spiro atoms. The Labute approximate surface area is 129 Å². The molecule has 0 saturated carbocycles. The Morgan fingerprint density at radius 2 is 1.95 bits per heavy atom. The molecule has 0 fully saturated rings. The molecule has 0 atom stereocenters. The molecule has 0 radical (unpaired) electrons. The zero-order valence-electron chi connectivity index (χ0n) is 11.9. The van der Waals surface area contributed by atoms with Crippen LogP contribution in [0.15, 0.2) is 48.5 Å². The van der Waals surface area contributed by atoms with Gasteiger partial charge in [0.05, 0.1) is 0 Å². The molecule has 2 aromatic carbocycles. The minimum absolute atomic E-state index is 0.0112. The molecule has 2 aromatic rings. The number of hydrogen-bond donors (Lipinski definition) is 1. The number of aryl methyl sites for hydroxylation is 1. The zero-order chi connectivity index (χ0) is 15.1. The van der Waals surface area contributed by atoms with Crippen molar-refractivity contribution in [3.05, 3.63) is 64.7 Å². The SMILES string of the molecule is Cc1cc(Cl)ccc1OCC(=O)NCCc1ccccc1. The normalized spacial score (nSPS) is 10.2. The van der Waals surface area contributed by atoms with E-state index in [9.17, 15) is 4.79 Å². The smallest absolute Gasteiger partial charge is 0.257 e. The van der Waals surface area contributed by atoms with Crippen molar-refractivity contribution in [3.8, 4) is 5.75 Å². The molecule has 2 rings (SSSR count). The van der Waals surface area contributed by atoms with Gasteiger partial charge in [-0.3, -0.25) is 4.79 Å². The Morgan fingerprint density at radius 1 is 1.19 bits per heavy atom. The molecule has 4 heteroatoms. The second-order valence-corrected chi connectivity index (χ2v) is 5.22. The Hall–Kier alpha value is -2.00. The molecule has 3 nitrogen and oxygen atoms in total. The van der Waals surface area contributed by atoms with E-state index >= 15 is 0 Å². The van der Waals surface area contributed by atoms with Crippen LogP contribution in [0.1, 0.15) is 11.1 Å². The third kappa shape index (κ3) is 5.12. The van der Waals surface area contributed by atoms with E-state index in [1.165, 1.54) is 5.56 Å². The van der Waals surface area contributed by atoms with Gasteiger partial charge in [0, 0.05) is 11.6 Å². The van der Waals surface area contributed by atoms with Crippen LogP contribution in [0.25, 0.3) is 0 Å². The van der Waals surface area contributed by atoms with Crippen molar-refractivity contribution in [2.45, 2.75) is 13.3 Å². The molecule has 0 heterocycles. The fraction of sp³-hybridized carbons (Fsp3) is 0.235. The van der Waals surface area contributed by atoms with Crippen LogP contribution < -0.4 is 10.1 Å². The zero-order valence-corrected chi connectivity index (χ0v) is 12.7. The standard InChI is InChI=1S/C17H18ClNO2/c1-13-11-15(18)7-8-16(13)21-12-17(20)19-10-9-14-5-3-2-4-6-14/h2-8,11H,9-10,12H2,1H3,(H,19,20). The number of carbonyl (C=O) groups excluding carboxylic acids is 1. The van der Waals surface area contributed by atoms with E-state index in [0.717, 1.165) is 12.0 Å². The number of nitrogens with one attached hydrogen (secondary N) is 1. The summed E-state index contributed by atoms with van der Waals surface area (Å²) in [6, 6.07) is 15.4. The Balaban J connectivity index is 1.72. The predicted octanol–water partition coefficient (Wildman–Crippen LogP) is 3.39. The van der Waals surface area contributed by atoms with Crippen molar-refractivity contribution < 1.29 is 9.53 Å². The van der Waals surface area contributed by atoms with E-state index in [-0.39, 0.29) is 12.5 Å². The summed E-state index contributed by atoms with van der Waals surface area (Å²) in [4.78, 5) is 11.7. The minimum Gasteiger partial charge on any atom is -0.484 e. The quantitative estimate of drug-likeness (QED) is 0.888. The van der Waals surface area contributed by atoms with Gasteiger partial charge >= 0.3 is 0 Å². The van der Waals surface area contributed by atoms with Crippen molar-refractivity contribution in [2.75, 3.05) is 13.2 Å². The van der Waals surface area contributed by atoms with Gasteiger partial charge in [-0.05, 0) is 42.7 Å².